The van der Waals surface area contributed by atoms with E-state index in [9.17, 15) is 0 Å². The van der Waals surface area contributed by atoms with Crippen molar-refractivity contribution in [2.75, 3.05) is 9.80 Å². The van der Waals surface area contributed by atoms with Gasteiger partial charge in [0.2, 0.25) is 0 Å². The van der Waals surface area contributed by atoms with E-state index in [4.69, 9.17) is 4.74 Å². The summed E-state index contributed by atoms with van der Waals surface area (Å²) in [4.78, 5) is 4.84. The Morgan fingerprint density at radius 2 is 0.696 bits per heavy atom. The molecule has 3 aliphatic rings. The lowest BCUT2D eigenvalue weighted by atomic mass is 9.32. The second kappa shape index (κ2) is 9.75. The highest BCUT2D eigenvalue weighted by atomic mass is 16.5. The van der Waals surface area contributed by atoms with Crippen molar-refractivity contribution in [3.63, 3.8) is 0 Å². The molecule has 3 heterocycles. The molecule has 214 valence electrons. The van der Waals surface area contributed by atoms with Crippen molar-refractivity contribution in [2.24, 2.45) is 0 Å². The molecule has 0 amide bonds. The molecule has 3 nitrogen and oxygen atoms in total. The van der Waals surface area contributed by atoms with Crippen LogP contribution in [-0.2, 0) is 0 Å². The first kappa shape index (κ1) is 25.3. The average Bonchev–Trinajstić information content (AvgIpc) is 3.13. The zero-order chi connectivity index (χ0) is 30.2. The Morgan fingerprint density at radius 3 is 1.13 bits per heavy atom. The molecule has 3 aliphatic heterocycles. The molecule has 0 radical (unpaired) electrons. The van der Waals surface area contributed by atoms with E-state index in [0.29, 0.717) is 0 Å². The van der Waals surface area contributed by atoms with Crippen molar-refractivity contribution < 1.29 is 4.74 Å². The minimum absolute atomic E-state index is 0.0806. The van der Waals surface area contributed by atoms with E-state index < -0.39 is 0 Å². The van der Waals surface area contributed by atoms with Crippen LogP contribution < -0.4 is 30.9 Å². The van der Waals surface area contributed by atoms with E-state index in [-0.39, 0.29) is 6.71 Å². The molecule has 0 bridgehead atoms. The third-order valence-corrected chi connectivity index (χ3v) is 9.66. The first-order valence-corrected chi connectivity index (χ1v) is 15.8. The fourth-order valence-electron chi connectivity index (χ4n) is 7.67. The Morgan fingerprint density at radius 1 is 0.326 bits per heavy atom. The van der Waals surface area contributed by atoms with Gasteiger partial charge in [-0.05, 0) is 99.3 Å². The molecular weight excluding hydrogens is 559 g/mol. The fourth-order valence-corrected chi connectivity index (χ4v) is 7.67. The van der Waals surface area contributed by atoms with Crippen molar-refractivity contribution in [1.29, 1.82) is 0 Å². The Hall–Kier alpha value is -6.00. The lowest BCUT2D eigenvalue weighted by molar-refractivity contribution is 0.487. The molecule has 7 aromatic carbocycles. The second-order valence-electron chi connectivity index (χ2n) is 12.1. The molecule has 0 saturated carbocycles. The number of ether oxygens (including phenoxy) is 1. The van der Waals surface area contributed by atoms with Crippen molar-refractivity contribution in [2.45, 2.75) is 0 Å². The van der Waals surface area contributed by atoms with Crippen LogP contribution >= 0.6 is 0 Å². The van der Waals surface area contributed by atoms with Gasteiger partial charge < -0.3 is 14.5 Å². The van der Waals surface area contributed by atoms with Crippen LogP contribution in [0, 0.1) is 0 Å². The number of hydrogen-bond donors (Lipinski definition) is 0. The highest BCUT2D eigenvalue weighted by Gasteiger charge is 2.48. The monoisotopic (exact) mass is 586 g/mol. The maximum Gasteiger partial charge on any atom is 0.261 e. The highest BCUT2D eigenvalue weighted by Crippen LogP contribution is 2.47. The van der Waals surface area contributed by atoms with Crippen LogP contribution in [-0.4, -0.2) is 6.71 Å². The summed E-state index contributed by atoms with van der Waals surface area (Å²) in [5, 5.41) is 0. The van der Waals surface area contributed by atoms with Crippen LogP contribution in [0.25, 0.3) is 22.3 Å². The van der Waals surface area contributed by atoms with Gasteiger partial charge in [-0.1, -0.05) is 103 Å². The molecule has 0 unspecified atom stereocenters. The number of anilines is 6. The molecule has 10 rings (SSSR count). The third-order valence-electron chi connectivity index (χ3n) is 9.66. The van der Waals surface area contributed by atoms with Gasteiger partial charge >= 0.3 is 0 Å². The Kier molecular flexibility index (Phi) is 5.37. The van der Waals surface area contributed by atoms with Crippen LogP contribution in [0.15, 0.2) is 164 Å². The highest BCUT2D eigenvalue weighted by molar-refractivity contribution is 7.01. The largest absolute Gasteiger partial charge is 0.458 e. The third kappa shape index (κ3) is 3.61. The molecule has 46 heavy (non-hydrogen) atoms. The Balaban J connectivity index is 1.18. The summed E-state index contributed by atoms with van der Waals surface area (Å²) in [7, 11) is 0. The normalized spacial score (nSPS) is 13.3. The molecule has 0 spiro atoms. The maximum absolute atomic E-state index is 6.72. The van der Waals surface area contributed by atoms with Gasteiger partial charge in [0.1, 0.15) is 11.5 Å². The Bertz CT molecular complexity index is 2120. The second-order valence-corrected chi connectivity index (χ2v) is 12.1. The summed E-state index contributed by atoms with van der Waals surface area (Å²) in [6, 6.07) is 58.7. The van der Waals surface area contributed by atoms with E-state index in [1.165, 1.54) is 61.4 Å². The molecule has 7 aromatic rings. The van der Waals surface area contributed by atoms with Gasteiger partial charge in [0.25, 0.3) is 6.71 Å². The van der Waals surface area contributed by atoms with E-state index in [1.807, 2.05) is 0 Å². The number of rotatable bonds is 4. The summed E-state index contributed by atoms with van der Waals surface area (Å²) in [5.74, 6) is 1.86. The van der Waals surface area contributed by atoms with E-state index in [0.717, 1.165) is 22.9 Å². The van der Waals surface area contributed by atoms with Gasteiger partial charge in [-0.25, -0.2) is 0 Å². The fraction of sp³-hybridized carbons (Fsp3) is 0. The van der Waals surface area contributed by atoms with Gasteiger partial charge in [0, 0.05) is 34.1 Å². The minimum atomic E-state index is 0.0806. The molecule has 0 fully saturated rings. The van der Waals surface area contributed by atoms with Crippen molar-refractivity contribution in [1.82, 2.24) is 0 Å². The van der Waals surface area contributed by atoms with E-state index in [1.54, 1.807) is 0 Å². The maximum atomic E-state index is 6.72. The number of hydrogen-bond acceptors (Lipinski definition) is 3. The Labute approximate surface area is 268 Å². The van der Waals surface area contributed by atoms with Gasteiger partial charge in [-0.15, -0.1) is 0 Å². The zero-order valence-electron chi connectivity index (χ0n) is 25.0. The standard InChI is InChI=1S/C42H27BN2O/c1-3-10-28(11-4-1)30-20-24-32(25-21-30)44-34-14-7-15-35-40(34)43-41-36(44)16-8-18-38(41)46-39-19-9-17-37(42(39)43)45(35)33-26-22-31(23-27-33)29-12-5-2-6-13-29/h1-27H. The van der Waals surface area contributed by atoms with Crippen LogP contribution in [0.2, 0.25) is 0 Å². The smallest absolute Gasteiger partial charge is 0.261 e. The van der Waals surface area contributed by atoms with Gasteiger partial charge in [-0.3, -0.25) is 0 Å². The predicted molar refractivity (Wildman–Crippen MR) is 191 cm³/mol. The van der Waals surface area contributed by atoms with Gasteiger partial charge in [0.15, 0.2) is 0 Å². The first-order chi connectivity index (χ1) is 22.8. The van der Waals surface area contributed by atoms with Crippen LogP contribution in [0.3, 0.4) is 0 Å². The van der Waals surface area contributed by atoms with Gasteiger partial charge in [0.05, 0.1) is 0 Å². The summed E-state index contributed by atoms with van der Waals surface area (Å²) in [5.41, 5.74) is 15.6. The quantitative estimate of drug-likeness (QED) is 0.191. The van der Waals surface area contributed by atoms with Crippen molar-refractivity contribution >= 4 is 57.2 Å². The van der Waals surface area contributed by atoms with Crippen LogP contribution in [0.4, 0.5) is 34.1 Å². The van der Waals surface area contributed by atoms with E-state index in [2.05, 4.69) is 174 Å². The molecule has 0 atom stereocenters. The minimum Gasteiger partial charge on any atom is -0.458 e. The summed E-state index contributed by atoms with van der Waals surface area (Å²) >= 11 is 0. The molecule has 0 aliphatic carbocycles. The number of benzene rings is 7. The number of nitrogens with zero attached hydrogens (tertiary/aromatic N) is 2. The van der Waals surface area contributed by atoms with Gasteiger partial charge in [-0.2, -0.15) is 0 Å². The summed E-state index contributed by atoms with van der Waals surface area (Å²) in [6.07, 6.45) is 0. The van der Waals surface area contributed by atoms with Crippen LogP contribution in [0.1, 0.15) is 0 Å². The lowest BCUT2D eigenvalue weighted by Gasteiger charge is -2.46. The predicted octanol–water partition coefficient (Wildman–Crippen LogP) is 9.21. The molecular formula is C42H27BN2O. The van der Waals surface area contributed by atoms with Crippen LogP contribution in [0.5, 0.6) is 11.5 Å². The molecule has 4 heteroatoms. The van der Waals surface area contributed by atoms with E-state index >= 15 is 0 Å². The average molecular weight is 587 g/mol. The lowest BCUT2D eigenvalue weighted by Crippen LogP contribution is -2.63. The molecule has 0 saturated heterocycles. The summed E-state index contributed by atoms with van der Waals surface area (Å²) in [6.45, 7) is 0.0806. The summed E-state index contributed by atoms with van der Waals surface area (Å²) < 4.78 is 6.72. The van der Waals surface area contributed by atoms with Crippen molar-refractivity contribution in [3.8, 4) is 33.8 Å². The molecule has 0 N–H and O–H groups in total. The molecule has 0 aromatic heterocycles. The SMILES string of the molecule is c1ccc(-c2ccc(N3c4cccc5c4B4c6c(cccc6N(c6ccc(-c7ccccc7)cc6)c6cccc3c64)O5)cc2)cc1. The zero-order valence-corrected chi connectivity index (χ0v) is 25.0. The first-order valence-electron chi connectivity index (χ1n) is 15.8. The van der Waals surface area contributed by atoms with Crippen molar-refractivity contribution in [3.05, 3.63) is 164 Å². The topological polar surface area (TPSA) is 15.7 Å².